The van der Waals surface area contributed by atoms with E-state index in [4.69, 9.17) is 4.98 Å². The van der Waals surface area contributed by atoms with Gasteiger partial charge in [0.1, 0.15) is 11.8 Å². The molecule has 294 valence electrons. The highest BCUT2D eigenvalue weighted by Crippen LogP contribution is 2.42. The molecule has 3 amide bonds. The molecule has 57 heavy (non-hydrogen) atoms. The van der Waals surface area contributed by atoms with E-state index in [1.54, 1.807) is 4.90 Å². The van der Waals surface area contributed by atoms with Crippen LogP contribution in [0.3, 0.4) is 0 Å². The lowest BCUT2D eigenvalue weighted by molar-refractivity contribution is -0.136. The first-order valence-corrected chi connectivity index (χ1v) is 20.8. The fourth-order valence-corrected chi connectivity index (χ4v) is 9.90. The first-order valence-electron chi connectivity index (χ1n) is 20.8. The van der Waals surface area contributed by atoms with E-state index in [0.717, 1.165) is 87.7 Å². The summed E-state index contributed by atoms with van der Waals surface area (Å²) in [7, 11) is 0. The summed E-state index contributed by atoms with van der Waals surface area (Å²) in [6, 6.07) is 24.9. The van der Waals surface area contributed by atoms with Crippen LogP contribution in [0.2, 0.25) is 0 Å². The van der Waals surface area contributed by atoms with Crippen LogP contribution in [-0.2, 0) is 22.6 Å². The highest BCUT2D eigenvalue weighted by atomic mass is 16.3. The van der Waals surface area contributed by atoms with Gasteiger partial charge >= 0.3 is 0 Å². The van der Waals surface area contributed by atoms with Crippen LogP contribution in [0.5, 0.6) is 5.75 Å². The molecule has 1 atom stereocenters. The van der Waals surface area contributed by atoms with Gasteiger partial charge in [0.05, 0.1) is 0 Å². The molecule has 0 radical (unpaired) electrons. The van der Waals surface area contributed by atoms with E-state index < -0.39 is 6.04 Å². The van der Waals surface area contributed by atoms with E-state index in [0.29, 0.717) is 30.2 Å². The molecule has 9 rings (SSSR count). The molecule has 0 unspecified atom stereocenters. The number of aromatic nitrogens is 1. The molecule has 4 aliphatic heterocycles. The Hall–Kier alpha value is -5.48. The largest absolute Gasteiger partial charge is 0.508 e. The minimum absolute atomic E-state index is 0.124. The zero-order chi connectivity index (χ0) is 39.2. The molecule has 0 bridgehead atoms. The lowest BCUT2D eigenvalue weighted by atomic mass is 9.87. The minimum Gasteiger partial charge on any atom is -0.508 e. The first-order chi connectivity index (χ1) is 27.7. The molecule has 2 N–H and O–H groups in total. The number of nitrogens with zero attached hydrogens (tertiary/aromatic N) is 5. The smallest absolute Gasteiger partial charge is 0.255 e. The Morgan fingerprint density at radius 3 is 2.19 bits per heavy atom. The summed E-state index contributed by atoms with van der Waals surface area (Å²) < 4.78 is 0. The molecule has 10 nitrogen and oxygen atoms in total. The van der Waals surface area contributed by atoms with E-state index in [1.807, 2.05) is 31.2 Å². The monoisotopic (exact) mass is 764 g/mol. The summed E-state index contributed by atoms with van der Waals surface area (Å²) in [4.78, 5) is 51.3. The normalized spacial score (nSPS) is 20.8. The minimum atomic E-state index is -0.590. The number of piperazine rings is 1. The van der Waals surface area contributed by atoms with Crippen molar-refractivity contribution in [1.82, 2.24) is 20.1 Å². The molecule has 1 aliphatic carbocycles. The van der Waals surface area contributed by atoms with Crippen LogP contribution in [0.1, 0.15) is 88.1 Å². The van der Waals surface area contributed by atoms with Crippen molar-refractivity contribution in [2.24, 2.45) is 5.92 Å². The first kappa shape index (κ1) is 37.1. The van der Waals surface area contributed by atoms with Gasteiger partial charge in [0.25, 0.3) is 5.91 Å². The number of phenols is 1. The lowest BCUT2D eigenvalue weighted by Gasteiger charge is -2.40. The number of hydrogen-bond donors (Lipinski definition) is 2. The van der Waals surface area contributed by atoms with Gasteiger partial charge in [0, 0.05) is 87.1 Å². The molecular weight excluding hydrogens is 713 g/mol. The molecule has 0 spiro atoms. The van der Waals surface area contributed by atoms with E-state index in [1.165, 1.54) is 51.9 Å². The van der Waals surface area contributed by atoms with Gasteiger partial charge in [0.15, 0.2) is 0 Å². The van der Waals surface area contributed by atoms with Crippen molar-refractivity contribution in [1.29, 1.82) is 0 Å². The maximum Gasteiger partial charge on any atom is 0.255 e. The number of anilines is 2. The Balaban J connectivity index is 0.810. The maximum atomic E-state index is 13.2. The van der Waals surface area contributed by atoms with Crippen LogP contribution in [0.4, 0.5) is 11.4 Å². The average molecular weight is 765 g/mol. The van der Waals surface area contributed by atoms with E-state index in [-0.39, 0.29) is 24.1 Å². The van der Waals surface area contributed by atoms with E-state index in [2.05, 4.69) is 75.5 Å². The van der Waals surface area contributed by atoms with Crippen molar-refractivity contribution < 1.29 is 19.5 Å². The maximum absolute atomic E-state index is 13.2. The molecule has 5 aliphatic rings. The molecule has 3 saturated heterocycles. The molecule has 0 saturated carbocycles. The van der Waals surface area contributed by atoms with Crippen LogP contribution in [0.15, 0.2) is 72.8 Å². The average Bonchev–Trinajstić information content (AvgIpc) is 3.41. The van der Waals surface area contributed by atoms with Gasteiger partial charge in [-0.3, -0.25) is 29.6 Å². The highest BCUT2D eigenvalue weighted by molar-refractivity contribution is 6.05. The molecule has 1 aromatic heterocycles. The van der Waals surface area contributed by atoms with Gasteiger partial charge < -0.3 is 19.8 Å². The van der Waals surface area contributed by atoms with Crippen molar-refractivity contribution >= 4 is 40.2 Å². The zero-order valence-electron chi connectivity index (χ0n) is 33.1. The SMILES string of the molecule is Cc1ccc(C2=C(c3ccc(N4CCC(CN5CCN(c6ccc7c(c6)CN([C@@H]6CCC(=O)NC6=O)C7=O)CC5)CC4)cc3)c3ccc(O)cc3CCC2)c(C)n1. The molecule has 3 fully saturated rings. The third-order valence-corrected chi connectivity index (χ3v) is 13.0. The van der Waals surface area contributed by atoms with Gasteiger partial charge in [-0.05, 0) is 146 Å². The fraction of sp³-hybridized carbons (Fsp3) is 0.404. The Bertz CT molecular complexity index is 2250. The van der Waals surface area contributed by atoms with Crippen molar-refractivity contribution in [2.75, 3.05) is 55.6 Å². The van der Waals surface area contributed by atoms with Crippen molar-refractivity contribution in [2.45, 2.75) is 71.4 Å². The number of phenolic OH excluding ortho intramolecular Hbond substituents is 1. The third kappa shape index (κ3) is 7.43. The van der Waals surface area contributed by atoms with E-state index >= 15 is 0 Å². The molecule has 5 heterocycles. The summed E-state index contributed by atoms with van der Waals surface area (Å²) in [5.41, 5.74) is 13.5. The Morgan fingerprint density at radius 2 is 1.44 bits per heavy atom. The summed E-state index contributed by atoms with van der Waals surface area (Å²) in [6.07, 6.45) is 5.91. The van der Waals surface area contributed by atoms with Crippen LogP contribution >= 0.6 is 0 Å². The van der Waals surface area contributed by atoms with Gasteiger partial charge in [-0.25, -0.2) is 0 Å². The lowest BCUT2D eigenvalue weighted by Crippen LogP contribution is -2.52. The summed E-state index contributed by atoms with van der Waals surface area (Å²) in [6.45, 7) is 11.7. The number of benzene rings is 3. The summed E-state index contributed by atoms with van der Waals surface area (Å²) in [5, 5.41) is 12.7. The second-order valence-corrected chi connectivity index (χ2v) is 16.6. The number of imide groups is 1. The van der Waals surface area contributed by atoms with Gasteiger partial charge in [0.2, 0.25) is 11.8 Å². The number of aromatic hydroxyl groups is 1. The van der Waals surface area contributed by atoms with E-state index in [9.17, 15) is 19.5 Å². The van der Waals surface area contributed by atoms with Gasteiger partial charge in [-0.15, -0.1) is 0 Å². The van der Waals surface area contributed by atoms with Gasteiger partial charge in [-0.1, -0.05) is 24.3 Å². The number of piperidine rings is 2. The van der Waals surface area contributed by atoms with Crippen LogP contribution in [0, 0.1) is 19.8 Å². The molecular formula is C47H52N6O4. The second-order valence-electron chi connectivity index (χ2n) is 16.6. The number of aryl methyl sites for hydroxylation is 3. The molecule has 4 aromatic rings. The number of carbonyl (C=O) groups excluding carboxylic acids is 3. The number of nitrogens with one attached hydrogen (secondary N) is 1. The number of amides is 3. The number of pyridine rings is 1. The Labute approximate surface area is 335 Å². The van der Waals surface area contributed by atoms with Gasteiger partial charge in [-0.2, -0.15) is 0 Å². The number of carbonyl (C=O) groups is 3. The third-order valence-electron chi connectivity index (χ3n) is 13.0. The quantitative estimate of drug-likeness (QED) is 0.206. The zero-order valence-corrected chi connectivity index (χ0v) is 33.1. The number of allylic oxidation sites excluding steroid dienone is 1. The van der Waals surface area contributed by atoms with Crippen LogP contribution in [-0.4, -0.2) is 89.5 Å². The van der Waals surface area contributed by atoms with Crippen molar-refractivity contribution in [3.8, 4) is 5.75 Å². The number of rotatable bonds is 7. The second kappa shape index (κ2) is 15.5. The predicted molar refractivity (Wildman–Crippen MR) is 223 cm³/mol. The highest BCUT2D eigenvalue weighted by Gasteiger charge is 2.39. The van der Waals surface area contributed by atoms with Crippen molar-refractivity contribution in [3.63, 3.8) is 0 Å². The molecule has 10 heteroatoms. The molecule has 3 aromatic carbocycles. The predicted octanol–water partition coefficient (Wildman–Crippen LogP) is 6.50. The Kier molecular flexibility index (Phi) is 10.1. The van der Waals surface area contributed by atoms with Crippen molar-refractivity contribution in [3.05, 3.63) is 118 Å². The van der Waals surface area contributed by atoms with Crippen LogP contribution in [0.25, 0.3) is 11.1 Å². The standard InChI is InChI=1S/C47H52N6O4/c1-30-6-13-39(31(2)48-30)42-5-3-4-34-27-38(54)12-15-40(34)45(42)33-7-9-36(10-8-33)51-20-18-32(19-21-51)28-50-22-24-52(25-23-50)37-11-14-41-35(26-37)29-53(47(41)57)43-16-17-44(55)49-46(43)56/h6-15,26-27,32,43,54H,3-5,16-25,28-29H2,1-2H3,(H,49,55,56)/t43-/m1/s1. The summed E-state index contributed by atoms with van der Waals surface area (Å²) >= 11 is 0. The fourth-order valence-electron chi connectivity index (χ4n) is 9.90. The summed E-state index contributed by atoms with van der Waals surface area (Å²) in [5.74, 6) is 0.232. The number of fused-ring (bicyclic) bond motifs is 2. The topological polar surface area (TPSA) is 109 Å². The number of hydrogen-bond acceptors (Lipinski definition) is 8. The Morgan fingerprint density at radius 1 is 0.719 bits per heavy atom. The van der Waals surface area contributed by atoms with Crippen LogP contribution < -0.4 is 15.1 Å².